The Morgan fingerprint density at radius 1 is 1.31 bits per heavy atom. The summed E-state index contributed by atoms with van der Waals surface area (Å²) in [4.78, 5) is 10.3. The summed E-state index contributed by atoms with van der Waals surface area (Å²) in [5.74, 6) is 0. The van der Waals surface area contributed by atoms with Crippen LogP contribution < -0.4 is 5.73 Å². The zero-order valence-electron chi connectivity index (χ0n) is 11.2. The van der Waals surface area contributed by atoms with Gasteiger partial charge in [-0.05, 0) is 18.9 Å². The summed E-state index contributed by atoms with van der Waals surface area (Å²) >= 11 is 0. The van der Waals surface area contributed by atoms with Crippen LogP contribution in [0.2, 0.25) is 0 Å². The van der Waals surface area contributed by atoms with Gasteiger partial charge in [-0.15, -0.1) is 0 Å². The number of aldehydes is 1. The fourth-order valence-electron chi connectivity index (χ4n) is 1.16. The molecular formula is C14H27NO. The lowest BCUT2D eigenvalue weighted by Crippen LogP contribution is -2.23. The summed E-state index contributed by atoms with van der Waals surface area (Å²) in [7, 11) is 0. The largest absolute Gasteiger partial charge is 0.321 e. The zero-order valence-corrected chi connectivity index (χ0v) is 11.2. The molecule has 0 fully saturated rings. The average molecular weight is 225 g/mol. The van der Waals surface area contributed by atoms with E-state index in [4.69, 9.17) is 5.73 Å². The van der Waals surface area contributed by atoms with E-state index >= 15 is 0 Å². The van der Waals surface area contributed by atoms with Gasteiger partial charge in [0.2, 0.25) is 0 Å². The molecule has 2 heteroatoms. The van der Waals surface area contributed by atoms with Gasteiger partial charge in [0.1, 0.15) is 6.29 Å². The first-order valence-electron chi connectivity index (χ1n) is 5.99. The number of carbonyl (C=O) groups excluding carboxylic acids is 1. The van der Waals surface area contributed by atoms with Crippen LogP contribution in [0.4, 0.5) is 0 Å². The Kier molecular flexibility index (Phi) is 12.9. The molecule has 0 radical (unpaired) electrons. The van der Waals surface area contributed by atoms with Crippen molar-refractivity contribution in [2.24, 2.45) is 5.73 Å². The van der Waals surface area contributed by atoms with Crippen molar-refractivity contribution in [1.82, 2.24) is 0 Å². The standard InChI is InChI=1S/C10H13NO.2C2H6.H2/c1-8-3-2-4-9(5-8)6-10(11)7-12;2*1-2;/h2-5,7,10H,6,11H2,1H3;2*1-2H3;1H/t10-;;;/m0.../s1. The van der Waals surface area contributed by atoms with Gasteiger partial charge in [0.15, 0.2) is 0 Å². The van der Waals surface area contributed by atoms with Crippen LogP contribution in [0.15, 0.2) is 24.3 Å². The molecule has 2 N–H and O–H groups in total. The van der Waals surface area contributed by atoms with Crippen molar-refractivity contribution >= 4 is 6.29 Å². The van der Waals surface area contributed by atoms with Crippen molar-refractivity contribution in [3.8, 4) is 0 Å². The SMILES string of the molecule is CC.CC.Cc1cccc(C[C@H](N)C=O)c1.[HH]. The molecule has 0 heterocycles. The smallest absolute Gasteiger partial charge is 0.137 e. The van der Waals surface area contributed by atoms with Gasteiger partial charge >= 0.3 is 0 Å². The third kappa shape index (κ3) is 8.18. The molecule has 1 aromatic carbocycles. The molecule has 0 saturated heterocycles. The Morgan fingerprint density at radius 2 is 1.88 bits per heavy atom. The van der Waals surface area contributed by atoms with Gasteiger partial charge < -0.3 is 10.5 Å². The molecule has 94 valence electrons. The summed E-state index contributed by atoms with van der Waals surface area (Å²) in [6.45, 7) is 10.0. The molecule has 1 rings (SSSR count). The Labute approximate surface area is 101 Å². The second-order valence-corrected chi connectivity index (χ2v) is 2.99. The second kappa shape index (κ2) is 11.9. The summed E-state index contributed by atoms with van der Waals surface area (Å²) < 4.78 is 0. The maximum atomic E-state index is 10.3. The number of benzene rings is 1. The lowest BCUT2D eigenvalue weighted by Gasteiger charge is -2.04. The fraction of sp³-hybridized carbons (Fsp3) is 0.500. The lowest BCUT2D eigenvalue weighted by molar-refractivity contribution is -0.108. The highest BCUT2D eigenvalue weighted by atomic mass is 16.1. The van der Waals surface area contributed by atoms with Crippen molar-refractivity contribution in [3.63, 3.8) is 0 Å². The van der Waals surface area contributed by atoms with E-state index in [1.165, 1.54) is 5.56 Å². The minimum Gasteiger partial charge on any atom is -0.321 e. The van der Waals surface area contributed by atoms with Crippen LogP contribution in [0.25, 0.3) is 0 Å². The highest BCUT2D eigenvalue weighted by molar-refractivity contribution is 5.57. The zero-order chi connectivity index (χ0) is 13.0. The number of aryl methyl sites for hydroxylation is 1. The molecule has 2 nitrogen and oxygen atoms in total. The van der Waals surface area contributed by atoms with E-state index in [2.05, 4.69) is 0 Å². The topological polar surface area (TPSA) is 43.1 Å². The molecule has 16 heavy (non-hydrogen) atoms. The molecule has 0 unspecified atom stereocenters. The fourth-order valence-corrected chi connectivity index (χ4v) is 1.16. The van der Waals surface area contributed by atoms with Gasteiger partial charge in [-0.2, -0.15) is 0 Å². The molecule has 0 amide bonds. The third-order valence-electron chi connectivity index (χ3n) is 1.73. The van der Waals surface area contributed by atoms with E-state index in [1.807, 2.05) is 58.9 Å². The predicted molar refractivity (Wildman–Crippen MR) is 73.7 cm³/mol. The minimum atomic E-state index is -0.369. The van der Waals surface area contributed by atoms with Crippen LogP contribution in [-0.4, -0.2) is 12.3 Å². The van der Waals surface area contributed by atoms with E-state index in [0.717, 1.165) is 11.8 Å². The summed E-state index contributed by atoms with van der Waals surface area (Å²) in [5.41, 5.74) is 7.81. The predicted octanol–water partition coefficient (Wildman–Crippen LogP) is 3.36. The quantitative estimate of drug-likeness (QED) is 0.802. The third-order valence-corrected chi connectivity index (χ3v) is 1.73. The number of hydrogen-bond acceptors (Lipinski definition) is 2. The van der Waals surface area contributed by atoms with Crippen molar-refractivity contribution in [2.45, 2.75) is 47.1 Å². The van der Waals surface area contributed by atoms with E-state index < -0.39 is 0 Å². The van der Waals surface area contributed by atoms with E-state index in [1.54, 1.807) is 0 Å². The van der Waals surface area contributed by atoms with Crippen molar-refractivity contribution in [2.75, 3.05) is 0 Å². The van der Waals surface area contributed by atoms with Crippen molar-refractivity contribution in [3.05, 3.63) is 35.4 Å². The molecule has 0 aromatic heterocycles. The van der Waals surface area contributed by atoms with Gasteiger partial charge in [0.05, 0.1) is 6.04 Å². The highest BCUT2D eigenvalue weighted by Gasteiger charge is 2.00. The minimum absolute atomic E-state index is 0. The van der Waals surface area contributed by atoms with Crippen LogP contribution in [0, 0.1) is 6.92 Å². The molecule has 0 aliphatic carbocycles. The van der Waals surface area contributed by atoms with Crippen LogP contribution in [0.5, 0.6) is 0 Å². The van der Waals surface area contributed by atoms with Gasteiger partial charge in [0.25, 0.3) is 0 Å². The number of nitrogens with two attached hydrogens (primary N) is 1. The highest BCUT2D eigenvalue weighted by Crippen LogP contribution is 2.05. The molecule has 0 aliphatic rings. The van der Waals surface area contributed by atoms with Crippen molar-refractivity contribution < 1.29 is 6.22 Å². The number of carbonyl (C=O) groups is 1. The molecule has 0 bridgehead atoms. The Bertz CT molecular complexity index is 277. The first-order valence-corrected chi connectivity index (χ1v) is 5.99. The van der Waals surface area contributed by atoms with Crippen LogP contribution in [-0.2, 0) is 11.2 Å². The maximum Gasteiger partial charge on any atom is 0.137 e. The molecular weight excluding hydrogens is 198 g/mol. The summed E-state index contributed by atoms with van der Waals surface area (Å²) in [6.07, 6.45) is 1.41. The second-order valence-electron chi connectivity index (χ2n) is 2.99. The molecule has 0 spiro atoms. The summed E-state index contributed by atoms with van der Waals surface area (Å²) in [6, 6.07) is 7.66. The first-order chi connectivity index (χ1) is 7.72. The Morgan fingerprint density at radius 3 is 2.31 bits per heavy atom. The normalized spacial score (nSPS) is 10.1. The summed E-state index contributed by atoms with van der Waals surface area (Å²) in [5, 5.41) is 0. The van der Waals surface area contributed by atoms with Gasteiger partial charge in [-0.25, -0.2) is 0 Å². The van der Waals surface area contributed by atoms with Crippen LogP contribution in [0.3, 0.4) is 0 Å². The lowest BCUT2D eigenvalue weighted by atomic mass is 10.1. The Hall–Kier alpha value is -1.15. The van der Waals surface area contributed by atoms with Gasteiger partial charge in [-0.3, -0.25) is 0 Å². The van der Waals surface area contributed by atoms with Crippen LogP contribution in [0.1, 0.15) is 40.2 Å². The van der Waals surface area contributed by atoms with Gasteiger partial charge in [-0.1, -0.05) is 57.5 Å². The number of rotatable bonds is 3. The van der Waals surface area contributed by atoms with Gasteiger partial charge in [0, 0.05) is 1.43 Å². The van der Waals surface area contributed by atoms with Crippen LogP contribution >= 0.6 is 0 Å². The molecule has 1 atom stereocenters. The monoisotopic (exact) mass is 225 g/mol. The Balaban J connectivity index is -0.000000355. The van der Waals surface area contributed by atoms with E-state index in [-0.39, 0.29) is 7.47 Å². The number of hydrogen-bond donors (Lipinski definition) is 1. The van der Waals surface area contributed by atoms with E-state index in [9.17, 15) is 4.79 Å². The van der Waals surface area contributed by atoms with Crippen molar-refractivity contribution in [1.29, 1.82) is 0 Å². The average Bonchev–Trinajstić information content (AvgIpc) is 2.34. The maximum absolute atomic E-state index is 10.3. The first kappa shape index (κ1) is 17.3. The molecule has 0 aliphatic heterocycles. The molecule has 1 aromatic rings. The molecule has 0 saturated carbocycles. The van der Waals surface area contributed by atoms with E-state index in [0.29, 0.717) is 6.42 Å².